The van der Waals surface area contributed by atoms with Crippen molar-refractivity contribution in [2.45, 2.75) is 39.5 Å². The Kier molecular flexibility index (Phi) is 7.56. The van der Waals surface area contributed by atoms with Crippen LogP contribution in [0.2, 0.25) is 0 Å². The second kappa shape index (κ2) is 9.71. The van der Waals surface area contributed by atoms with Gasteiger partial charge in [0.15, 0.2) is 0 Å². The van der Waals surface area contributed by atoms with Crippen molar-refractivity contribution in [3.05, 3.63) is 33.8 Å². The molecular formula is C16H24N4P2. The molecule has 0 aliphatic carbocycles. The smallest absolute Gasteiger partial charge is 0.0537 e. The molecule has 0 amide bonds. The van der Waals surface area contributed by atoms with Gasteiger partial charge in [0.05, 0.1) is 10.9 Å². The molecule has 2 unspecified atom stereocenters. The maximum Gasteiger partial charge on any atom is 0.0537 e. The standard InChI is InChI=1S/C16H24N4P2/c1-13-19-11-15(21-13)9-17-7-5-3-4-6-8-18-10-16-12-20-14(2)22-16/h9-12,21-22H,3-8H2,1-2H3. The fourth-order valence-corrected chi connectivity index (χ4v) is 3.76. The lowest BCUT2D eigenvalue weighted by atomic mass is 10.2. The van der Waals surface area contributed by atoms with E-state index in [1.165, 1.54) is 34.3 Å². The zero-order valence-electron chi connectivity index (χ0n) is 13.3. The second-order valence-corrected chi connectivity index (χ2v) is 8.43. The molecule has 2 rings (SSSR count). The van der Waals surface area contributed by atoms with E-state index < -0.39 is 0 Å². The summed E-state index contributed by atoms with van der Waals surface area (Å²) in [7, 11) is 1.44. The maximum absolute atomic E-state index is 4.47. The van der Waals surface area contributed by atoms with Crippen LogP contribution in [-0.2, 0) is 0 Å². The van der Waals surface area contributed by atoms with Gasteiger partial charge in [-0.05, 0) is 26.7 Å². The highest BCUT2D eigenvalue weighted by Crippen LogP contribution is 2.16. The first kappa shape index (κ1) is 17.1. The number of aliphatic imine (C=N–C) groups is 2. The summed E-state index contributed by atoms with van der Waals surface area (Å²) < 4.78 is 0. The highest BCUT2D eigenvalue weighted by Gasteiger charge is 1.93. The average molecular weight is 334 g/mol. The second-order valence-electron chi connectivity index (χ2n) is 5.33. The van der Waals surface area contributed by atoms with Crippen LogP contribution in [0.15, 0.2) is 22.4 Å². The first-order valence-electron chi connectivity index (χ1n) is 7.77. The molecule has 0 aromatic carbocycles. The van der Waals surface area contributed by atoms with Crippen LogP contribution in [-0.4, -0.2) is 35.5 Å². The van der Waals surface area contributed by atoms with E-state index in [1.807, 2.05) is 24.8 Å². The minimum absolute atomic E-state index is 0.719. The van der Waals surface area contributed by atoms with E-state index in [0.717, 1.165) is 42.3 Å². The van der Waals surface area contributed by atoms with Crippen molar-refractivity contribution in [2.24, 2.45) is 9.98 Å². The number of aromatic nitrogens is 2. The summed E-state index contributed by atoms with van der Waals surface area (Å²) in [4.78, 5) is 17.5. The fraction of sp³-hybridized carbons (Fsp3) is 0.500. The zero-order valence-corrected chi connectivity index (χ0v) is 15.3. The molecule has 0 fully saturated rings. The molecule has 0 saturated carbocycles. The molecule has 2 atom stereocenters. The summed E-state index contributed by atoms with van der Waals surface area (Å²) in [5.41, 5.74) is 2.41. The molecule has 0 saturated heterocycles. The maximum atomic E-state index is 4.47. The van der Waals surface area contributed by atoms with E-state index in [-0.39, 0.29) is 0 Å². The molecule has 0 aliphatic rings. The first-order valence-corrected chi connectivity index (χ1v) is 9.77. The Hall–Kier alpha value is -1.24. The molecular weight excluding hydrogens is 310 g/mol. The third kappa shape index (κ3) is 6.68. The summed E-state index contributed by atoms with van der Waals surface area (Å²) in [5.74, 6) is 0. The SMILES string of the molecule is Cc1ncc(C=NCCCCCCN=Cc2cnc(C)[pH]2)[pH]1. The van der Waals surface area contributed by atoms with Crippen molar-refractivity contribution in [3.8, 4) is 0 Å². The number of unbranched alkanes of at least 4 members (excludes halogenated alkanes) is 3. The Morgan fingerprint density at radius 2 is 1.27 bits per heavy atom. The van der Waals surface area contributed by atoms with Crippen LogP contribution in [0, 0.1) is 13.8 Å². The summed E-state index contributed by atoms with van der Waals surface area (Å²) in [6, 6.07) is 0. The van der Waals surface area contributed by atoms with Gasteiger partial charge in [0, 0.05) is 48.5 Å². The van der Waals surface area contributed by atoms with E-state index in [9.17, 15) is 0 Å². The molecule has 0 aliphatic heterocycles. The molecule has 0 bridgehead atoms. The molecule has 2 heterocycles. The lowest BCUT2D eigenvalue weighted by Gasteiger charge is -1.96. The summed E-state index contributed by atoms with van der Waals surface area (Å²) in [5, 5.41) is 2.51. The molecule has 2 aromatic heterocycles. The van der Waals surface area contributed by atoms with Crippen molar-refractivity contribution in [2.75, 3.05) is 13.1 Å². The van der Waals surface area contributed by atoms with Crippen LogP contribution in [0.25, 0.3) is 0 Å². The van der Waals surface area contributed by atoms with Crippen molar-refractivity contribution >= 4 is 28.8 Å². The Morgan fingerprint density at radius 3 is 1.64 bits per heavy atom. The molecule has 0 radical (unpaired) electrons. The average Bonchev–Trinajstić information content (AvgIpc) is 3.09. The Balaban J connectivity index is 1.47. The lowest BCUT2D eigenvalue weighted by molar-refractivity contribution is 0.655. The van der Waals surface area contributed by atoms with Gasteiger partial charge in [0.25, 0.3) is 0 Å². The van der Waals surface area contributed by atoms with E-state index in [2.05, 4.69) is 33.8 Å². The van der Waals surface area contributed by atoms with Crippen molar-refractivity contribution in [1.29, 1.82) is 0 Å². The Bertz CT molecular complexity index is 559. The van der Waals surface area contributed by atoms with Gasteiger partial charge in [-0.1, -0.05) is 12.8 Å². The minimum Gasteiger partial charge on any atom is -0.292 e. The van der Waals surface area contributed by atoms with Gasteiger partial charge in [0.2, 0.25) is 0 Å². The molecule has 0 N–H and O–H groups in total. The topological polar surface area (TPSA) is 50.5 Å². The van der Waals surface area contributed by atoms with Crippen LogP contribution in [0.4, 0.5) is 0 Å². The fourth-order valence-electron chi connectivity index (χ4n) is 2.10. The van der Waals surface area contributed by atoms with Gasteiger partial charge in [-0.2, -0.15) is 0 Å². The molecule has 2 aromatic rings. The summed E-state index contributed by atoms with van der Waals surface area (Å²) in [6.07, 6.45) is 12.6. The van der Waals surface area contributed by atoms with Crippen LogP contribution in [0.5, 0.6) is 0 Å². The van der Waals surface area contributed by atoms with Gasteiger partial charge in [-0.25, -0.2) is 0 Å². The van der Waals surface area contributed by atoms with Gasteiger partial charge >= 0.3 is 0 Å². The quantitative estimate of drug-likeness (QED) is 0.508. The Labute approximate surface area is 135 Å². The number of hydrogen-bond acceptors (Lipinski definition) is 4. The van der Waals surface area contributed by atoms with Crippen LogP contribution in [0.1, 0.15) is 47.1 Å². The highest BCUT2D eigenvalue weighted by molar-refractivity contribution is 7.33. The molecule has 118 valence electrons. The van der Waals surface area contributed by atoms with Crippen LogP contribution >= 0.6 is 16.4 Å². The van der Waals surface area contributed by atoms with Crippen molar-refractivity contribution < 1.29 is 0 Å². The summed E-state index contributed by atoms with van der Waals surface area (Å²) in [6.45, 7) is 5.98. The van der Waals surface area contributed by atoms with E-state index in [0.29, 0.717) is 0 Å². The van der Waals surface area contributed by atoms with Gasteiger partial charge < -0.3 is 0 Å². The Morgan fingerprint density at radius 1 is 0.818 bits per heavy atom. The minimum atomic E-state index is 0.719. The van der Waals surface area contributed by atoms with Gasteiger partial charge in [0.1, 0.15) is 0 Å². The summed E-state index contributed by atoms with van der Waals surface area (Å²) >= 11 is 0. The molecule has 0 spiro atoms. The lowest BCUT2D eigenvalue weighted by Crippen LogP contribution is -1.87. The third-order valence-corrected chi connectivity index (χ3v) is 5.31. The highest BCUT2D eigenvalue weighted by atomic mass is 31.0. The number of hydrogen-bond donors (Lipinski definition) is 0. The number of aryl methyl sites for hydroxylation is 2. The number of rotatable bonds is 9. The van der Waals surface area contributed by atoms with Gasteiger partial charge in [-0.3, -0.25) is 20.0 Å². The largest absolute Gasteiger partial charge is 0.292 e. The monoisotopic (exact) mass is 334 g/mol. The first-order chi connectivity index (χ1) is 10.7. The zero-order chi connectivity index (χ0) is 15.6. The molecule has 22 heavy (non-hydrogen) atoms. The van der Waals surface area contributed by atoms with Crippen LogP contribution in [0.3, 0.4) is 0 Å². The number of nitrogens with zero attached hydrogens (tertiary/aromatic N) is 4. The van der Waals surface area contributed by atoms with E-state index >= 15 is 0 Å². The predicted octanol–water partition coefficient (Wildman–Crippen LogP) is 4.25. The molecule has 6 heteroatoms. The van der Waals surface area contributed by atoms with Crippen molar-refractivity contribution in [1.82, 2.24) is 9.97 Å². The normalized spacial score (nSPS) is 12.6. The third-order valence-electron chi connectivity index (χ3n) is 3.23. The van der Waals surface area contributed by atoms with Crippen LogP contribution < -0.4 is 0 Å². The van der Waals surface area contributed by atoms with E-state index in [4.69, 9.17) is 0 Å². The van der Waals surface area contributed by atoms with Gasteiger partial charge in [-0.15, -0.1) is 16.4 Å². The predicted molar refractivity (Wildman–Crippen MR) is 100 cm³/mol. The molecule has 4 nitrogen and oxygen atoms in total. The van der Waals surface area contributed by atoms with E-state index in [1.54, 1.807) is 0 Å². The van der Waals surface area contributed by atoms with Crippen molar-refractivity contribution in [3.63, 3.8) is 0 Å².